The molecule has 2 N–H and O–H groups in total. The number of hydrogen-bond donors (Lipinski definition) is 2. The minimum absolute atomic E-state index is 0.107. The smallest absolute Gasteiger partial charge is 0.0610 e. The van der Waals surface area contributed by atoms with E-state index in [1.165, 1.54) is 38.5 Å². The molecular formula is C16H31NO2. The van der Waals surface area contributed by atoms with Gasteiger partial charge >= 0.3 is 0 Å². The Balaban J connectivity index is 1.59. The van der Waals surface area contributed by atoms with Crippen LogP contribution in [0.3, 0.4) is 0 Å². The first-order valence-corrected chi connectivity index (χ1v) is 8.11. The van der Waals surface area contributed by atoms with E-state index >= 15 is 0 Å². The molecule has 19 heavy (non-hydrogen) atoms. The summed E-state index contributed by atoms with van der Waals surface area (Å²) >= 11 is 0. The second-order valence-corrected chi connectivity index (χ2v) is 7.01. The summed E-state index contributed by atoms with van der Waals surface area (Å²) in [5, 5.41) is 13.1. The first kappa shape index (κ1) is 15.3. The molecule has 3 nitrogen and oxygen atoms in total. The second-order valence-electron chi connectivity index (χ2n) is 7.01. The third-order valence-corrected chi connectivity index (χ3v) is 4.59. The van der Waals surface area contributed by atoms with Crippen molar-refractivity contribution in [3.05, 3.63) is 0 Å². The fraction of sp³-hybridized carbons (Fsp3) is 1.00. The first-order chi connectivity index (χ1) is 9.11. The molecule has 3 heteroatoms. The van der Waals surface area contributed by atoms with Crippen molar-refractivity contribution in [2.24, 2.45) is 5.92 Å². The van der Waals surface area contributed by atoms with E-state index in [1.54, 1.807) is 0 Å². The molecule has 3 atom stereocenters. The Morgan fingerprint density at radius 2 is 2.05 bits per heavy atom. The highest BCUT2D eigenvalue weighted by molar-refractivity contribution is 4.92. The molecular weight excluding hydrogens is 238 g/mol. The van der Waals surface area contributed by atoms with Gasteiger partial charge in [0.2, 0.25) is 0 Å². The van der Waals surface area contributed by atoms with Crippen LogP contribution in [-0.4, -0.2) is 36.0 Å². The zero-order valence-electron chi connectivity index (χ0n) is 12.7. The summed E-state index contributed by atoms with van der Waals surface area (Å²) in [5.74, 6) is 0.831. The molecule has 0 radical (unpaired) electrons. The molecule has 2 rings (SSSR count). The molecule has 0 heterocycles. The Morgan fingerprint density at radius 1 is 1.26 bits per heavy atom. The Labute approximate surface area is 118 Å². The number of aliphatic hydroxyl groups excluding tert-OH is 1. The number of rotatable bonds is 8. The first-order valence-electron chi connectivity index (χ1n) is 8.11. The van der Waals surface area contributed by atoms with Crippen LogP contribution in [0.25, 0.3) is 0 Å². The fourth-order valence-electron chi connectivity index (χ4n) is 3.16. The maximum atomic E-state index is 9.54. The van der Waals surface area contributed by atoms with Crippen molar-refractivity contribution in [1.29, 1.82) is 0 Å². The number of hydrogen-bond acceptors (Lipinski definition) is 3. The summed E-state index contributed by atoms with van der Waals surface area (Å²) in [4.78, 5) is 0. The predicted molar refractivity (Wildman–Crippen MR) is 78.3 cm³/mol. The van der Waals surface area contributed by atoms with Gasteiger partial charge < -0.3 is 15.2 Å². The van der Waals surface area contributed by atoms with Gasteiger partial charge in [-0.2, -0.15) is 0 Å². The summed E-state index contributed by atoms with van der Waals surface area (Å²) in [5.41, 5.74) is -0.107. The zero-order valence-corrected chi connectivity index (χ0v) is 12.7. The van der Waals surface area contributed by atoms with E-state index in [4.69, 9.17) is 4.74 Å². The molecule has 0 saturated heterocycles. The Hall–Kier alpha value is -0.120. The average molecular weight is 269 g/mol. The lowest BCUT2D eigenvalue weighted by molar-refractivity contribution is 0.0100. The molecule has 0 amide bonds. The predicted octanol–water partition coefficient (Wildman–Crippen LogP) is 2.86. The number of nitrogens with one attached hydrogen (secondary N) is 1. The molecule has 0 aromatic carbocycles. The summed E-state index contributed by atoms with van der Waals surface area (Å²) in [6.45, 7) is 5.54. The van der Waals surface area contributed by atoms with Gasteiger partial charge in [-0.05, 0) is 51.4 Å². The summed E-state index contributed by atoms with van der Waals surface area (Å²) in [6.07, 6.45) is 10.2. The standard InChI is InChI=1S/C16H31NO2/c1-13-5-3-6-15(11-13)19-10-4-9-16(2,12-18)17-14-7-8-14/h13-15,17-18H,3-12H2,1-2H3. The summed E-state index contributed by atoms with van der Waals surface area (Å²) < 4.78 is 6.00. The van der Waals surface area contributed by atoms with E-state index in [0.717, 1.165) is 25.4 Å². The van der Waals surface area contributed by atoms with Gasteiger partial charge in [-0.3, -0.25) is 0 Å². The van der Waals surface area contributed by atoms with Crippen LogP contribution < -0.4 is 5.32 Å². The minimum Gasteiger partial charge on any atom is -0.394 e. The fourth-order valence-corrected chi connectivity index (χ4v) is 3.16. The molecule has 2 saturated carbocycles. The van der Waals surface area contributed by atoms with E-state index in [-0.39, 0.29) is 12.1 Å². The van der Waals surface area contributed by atoms with Crippen LogP contribution in [0.15, 0.2) is 0 Å². The summed E-state index contributed by atoms with van der Waals surface area (Å²) in [7, 11) is 0. The Morgan fingerprint density at radius 3 is 2.68 bits per heavy atom. The van der Waals surface area contributed by atoms with Gasteiger partial charge in [0, 0.05) is 18.2 Å². The van der Waals surface area contributed by atoms with Crippen molar-refractivity contribution in [1.82, 2.24) is 5.32 Å². The van der Waals surface area contributed by atoms with Crippen LogP contribution in [-0.2, 0) is 4.74 Å². The van der Waals surface area contributed by atoms with Gasteiger partial charge in [0.25, 0.3) is 0 Å². The molecule has 2 aliphatic carbocycles. The average Bonchev–Trinajstić information content (AvgIpc) is 3.19. The molecule has 0 aliphatic heterocycles. The molecule has 2 aliphatic rings. The molecule has 112 valence electrons. The normalized spacial score (nSPS) is 31.1. The van der Waals surface area contributed by atoms with Crippen LogP contribution in [0.2, 0.25) is 0 Å². The lowest BCUT2D eigenvalue weighted by Crippen LogP contribution is -2.47. The molecule has 0 spiro atoms. The van der Waals surface area contributed by atoms with Gasteiger partial charge in [0.1, 0.15) is 0 Å². The van der Waals surface area contributed by atoms with E-state index < -0.39 is 0 Å². The molecule has 0 bridgehead atoms. The Bertz CT molecular complexity index is 267. The van der Waals surface area contributed by atoms with Gasteiger partial charge in [-0.25, -0.2) is 0 Å². The van der Waals surface area contributed by atoms with Gasteiger partial charge in [-0.1, -0.05) is 19.8 Å². The minimum atomic E-state index is -0.107. The largest absolute Gasteiger partial charge is 0.394 e. The van der Waals surface area contributed by atoms with Crippen molar-refractivity contribution in [3.63, 3.8) is 0 Å². The third kappa shape index (κ3) is 5.41. The third-order valence-electron chi connectivity index (χ3n) is 4.59. The molecule has 0 aromatic heterocycles. The van der Waals surface area contributed by atoms with Crippen molar-refractivity contribution >= 4 is 0 Å². The van der Waals surface area contributed by atoms with Gasteiger partial charge in [-0.15, -0.1) is 0 Å². The zero-order chi connectivity index (χ0) is 13.7. The number of ether oxygens (including phenoxy) is 1. The Kier molecular flexibility index (Phi) is 5.67. The highest BCUT2D eigenvalue weighted by Crippen LogP contribution is 2.27. The van der Waals surface area contributed by atoms with Crippen LogP contribution in [0, 0.1) is 5.92 Å². The molecule has 2 fully saturated rings. The van der Waals surface area contributed by atoms with Crippen molar-refractivity contribution < 1.29 is 9.84 Å². The maximum absolute atomic E-state index is 9.54. The lowest BCUT2D eigenvalue weighted by Gasteiger charge is -2.30. The van der Waals surface area contributed by atoms with Crippen LogP contribution >= 0.6 is 0 Å². The van der Waals surface area contributed by atoms with Crippen LogP contribution in [0.4, 0.5) is 0 Å². The van der Waals surface area contributed by atoms with Crippen molar-refractivity contribution in [2.45, 2.75) is 82.9 Å². The monoisotopic (exact) mass is 269 g/mol. The SMILES string of the molecule is CC1CCCC(OCCCC(C)(CO)NC2CC2)C1. The van der Waals surface area contributed by atoms with E-state index in [2.05, 4.69) is 19.2 Å². The molecule has 3 unspecified atom stereocenters. The highest BCUT2D eigenvalue weighted by Gasteiger charge is 2.31. The van der Waals surface area contributed by atoms with Crippen LogP contribution in [0.1, 0.15) is 65.2 Å². The quantitative estimate of drug-likeness (QED) is 0.666. The van der Waals surface area contributed by atoms with Crippen LogP contribution in [0.5, 0.6) is 0 Å². The highest BCUT2D eigenvalue weighted by atomic mass is 16.5. The van der Waals surface area contributed by atoms with E-state index in [0.29, 0.717) is 12.1 Å². The van der Waals surface area contributed by atoms with Gasteiger partial charge in [0.15, 0.2) is 0 Å². The van der Waals surface area contributed by atoms with Crippen molar-refractivity contribution in [2.75, 3.05) is 13.2 Å². The van der Waals surface area contributed by atoms with Gasteiger partial charge in [0.05, 0.1) is 12.7 Å². The second kappa shape index (κ2) is 7.05. The topological polar surface area (TPSA) is 41.5 Å². The number of aliphatic hydroxyl groups is 1. The van der Waals surface area contributed by atoms with E-state index in [9.17, 15) is 5.11 Å². The summed E-state index contributed by atoms with van der Waals surface area (Å²) in [6, 6.07) is 0.650. The van der Waals surface area contributed by atoms with Crippen molar-refractivity contribution in [3.8, 4) is 0 Å². The van der Waals surface area contributed by atoms with E-state index in [1.807, 2.05) is 0 Å². The molecule has 0 aromatic rings. The lowest BCUT2D eigenvalue weighted by atomic mass is 9.88. The maximum Gasteiger partial charge on any atom is 0.0610 e.